The zero-order chi connectivity index (χ0) is 15.2. The van der Waals surface area contributed by atoms with Crippen LogP contribution in [-0.2, 0) is 11.2 Å². The van der Waals surface area contributed by atoms with Gasteiger partial charge in [-0.25, -0.2) is 4.79 Å². The van der Waals surface area contributed by atoms with Gasteiger partial charge in [-0.05, 0) is 43.2 Å². The number of rotatable bonds is 5. The van der Waals surface area contributed by atoms with Crippen LogP contribution in [0, 0.1) is 0 Å². The van der Waals surface area contributed by atoms with Crippen molar-refractivity contribution in [1.29, 1.82) is 0 Å². The number of nitrogens with two attached hydrogens (primary N) is 1. The second kappa shape index (κ2) is 6.79. The summed E-state index contributed by atoms with van der Waals surface area (Å²) in [5.74, 6) is 0.900. The monoisotopic (exact) mass is 285 g/mol. The fraction of sp³-hybridized carbons (Fsp3) is 0.235. The van der Waals surface area contributed by atoms with E-state index in [1.54, 1.807) is 25.1 Å². The van der Waals surface area contributed by atoms with E-state index in [4.69, 9.17) is 15.2 Å². The molecule has 0 radical (unpaired) electrons. The summed E-state index contributed by atoms with van der Waals surface area (Å²) >= 11 is 0. The average Bonchev–Trinajstić information content (AvgIpc) is 2.50. The summed E-state index contributed by atoms with van der Waals surface area (Å²) in [4.78, 5) is 11.8. The van der Waals surface area contributed by atoms with Gasteiger partial charge in [0.05, 0.1) is 12.2 Å². The first-order valence-electron chi connectivity index (χ1n) is 6.98. The van der Waals surface area contributed by atoms with Crippen LogP contribution < -0.4 is 10.5 Å². The largest absolute Gasteiger partial charge is 0.462 e. The number of nitrogen functional groups attached to an aromatic ring is 1. The minimum absolute atomic E-state index is 0.308. The van der Waals surface area contributed by atoms with E-state index < -0.39 is 5.97 Å². The molecule has 0 atom stereocenters. The number of esters is 1. The van der Waals surface area contributed by atoms with Crippen LogP contribution in [0.15, 0.2) is 42.5 Å². The molecule has 110 valence electrons. The Morgan fingerprint density at radius 3 is 2.62 bits per heavy atom. The van der Waals surface area contributed by atoms with Gasteiger partial charge in [0.1, 0.15) is 11.5 Å². The van der Waals surface area contributed by atoms with Crippen molar-refractivity contribution in [3.63, 3.8) is 0 Å². The number of ether oxygens (including phenoxy) is 2. The van der Waals surface area contributed by atoms with Crippen molar-refractivity contribution in [2.45, 2.75) is 20.3 Å². The highest BCUT2D eigenvalue weighted by Crippen LogP contribution is 2.28. The predicted molar refractivity (Wildman–Crippen MR) is 82.7 cm³/mol. The molecule has 4 heteroatoms. The van der Waals surface area contributed by atoms with E-state index >= 15 is 0 Å². The Bertz CT molecular complexity index is 638. The van der Waals surface area contributed by atoms with Crippen LogP contribution in [0.1, 0.15) is 29.8 Å². The van der Waals surface area contributed by atoms with Gasteiger partial charge in [-0.2, -0.15) is 0 Å². The summed E-state index contributed by atoms with van der Waals surface area (Å²) in [6.45, 7) is 4.13. The lowest BCUT2D eigenvalue weighted by atomic mass is 10.1. The molecule has 0 aliphatic rings. The molecule has 0 fully saturated rings. The molecule has 2 N–H and O–H groups in total. The number of benzene rings is 2. The van der Waals surface area contributed by atoms with Crippen molar-refractivity contribution >= 4 is 11.7 Å². The Balaban J connectivity index is 2.29. The lowest BCUT2D eigenvalue weighted by Gasteiger charge is -2.12. The van der Waals surface area contributed by atoms with Crippen molar-refractivity contribution in [1.82, 2.24) is 0 Å². The Morgan fingerprint density at radius 2 is 1.90 bits per heavy atom. The Morgan fingerprint density at radius 1 is 1.14 bits per heavy atom. The van der Waals surface area contributed by atoms with Crippen molar-refractivity contribution in [2.75, 3.05) is 12.3 Å². The highest BCUT2D eigenvalue weighted by molar-refractivity contribution is 5.95. The maximum Gasteiger partial charge on any atom is 0.340 e. The topological polar surface area (TPSA) is 61.5 Å². The number of hydrogen-bond donors (Lipinski definition) is 1. The molecule has 2 rings (SSSR count). The molecule has 21 heavy (non-hydrogen) atoms. The molecular formula is C17H19NO3. The van der Waals surface area contributed by atoms with Gasteiger partial charge in [0.2, 0.25) is 0 Å². The molecule has 0 saturated heterocycles. The van der Waals surface area contributed by atoms with Crippen molar-refractivity contribution in [3.8, 4) is 11.5 Å². The number of anilines is 1. The van der Waals surface area contributed by atoms with E-state index in [1.807, 2.05) is 24.3 Å². The van der Waals surface area contributed by atoms with E-state index in [0.29, 0.717) is 23.6 Å². The van der Waals surface area contributed by atoms with Crippen LogP contribution in [0.4, 0.5) is 5.69 Å². The fourth-order valence-corrected chi connectivity index (χ4v) is 2.01. The van der Waals surface area contributed by atoms with Gasteiger partial charge < -0.3 is 15.2 Å². The number of para-hydroxylation sites is 1. The first kappa shape index (κ1) is 14.9. The molecule has 0 amide bonds. The normalized spacial score (nSPS) is 10.2. The lowest BCUT2D eigenvalue weighted by molar-refractivity contribution is 0.0527. The number of hydrogen-bond acceptors (Lipinski definition) is 4. The van der Waals surface area contributed by atoms with Crippen molar-refractivity contribution < 1.29 is 14.3 Å². The van der Waals surface area contributed by atoms with Crippen LogP contribution in [0.2, 0.25) is 0 Å². The minimum atomic E-state index is -0.441. The summed E-state index contributed by atoms with van der Waals surface area (Å²) in [6, 6.07) is 12.8. The highest BCUT2D eigenvalue weighted by Gasteiger charge is 2.13. The van der Waals surface area contributed by atoms with E-state index in [0.717, 1.165) is 17.7 Å². The molecule has 0 aliphatic heterocycles. The van der Waals surface area contributed by atoms with Gasteiger partial charge in [-0.3, -0.25) is 0 Å². The minimum Gasteiger partial charge on any atom is -0.462 e. The maximum absolute atomic E-state index is 11.8. The van der Waals surface area contributed by atoms with Crippen LogP contribution in [0.25, 0.3) is 0 Å². The van der Waals surface area contributed by atoms with Crippen LogP contribution in [-0.4, -0.2) is 12.6 Å². The summed E-state index contributed by atoms with van der Waals surface area (Å²) < 4.78 is 10.8. The molecule has 2 aromatic rings. The Kier molecular flexibility index (Phi) is 4.82. The van der Waals surface area contributed by atoms with E-state index in [9.17, 15) is 4.79 Å². The first-order chi connectivity index (χ1) is 10.2. The van der Waals surface area contributed by atoms with Gasteiger partial charge in [0.25, 0.3) is 0 Å². The van der Waals surface area contributed by atoms with Gasteiger partial charge in [0, 0.05) is 5.69 Å². The molecular weight excluding hydrogens is 266 g/mol. The zero-order valence-corrected chi connectivity index (χ0v) is 12.3. The zero-order valence-electron chi connectivity index (χ0n) is 12.3. The van der Waals surface area contributed by atoms with Crippen molar-refractivity contribution in [3.05, 3.63) is 53.6 Å². The van der Waals surface area contributed by atoms with E-state index in [-0.39, 0.29) is 0 Å². The first-order valence-corrected chi connectivity index (χ1v) is 6.98. The highest BCUT2D eigenvalue weighted by atomic mass is 16.5. The molecule has 0 heterocycles. The summed E-state index contributed by atoms with van der Waals surface area (Å²) in [5, 5.41) is 0. The van der Waals surface area contributed by atoms with Gasteiger partial charge in [-0.15, -0.1) is 0 Å². The molecule has 0 saturated carbocycles. The second-order valence-electron chi connectivity index (χ2n) is 4.53. The van der Waals surface area contributed by atoms with Crippen molar-refractivity contribution in [2.24, 2.45) is 0 Å². The lowest BCUT2D eigenvalue weighted by Crippen LogP contribution is -2.08. The quantitative estimate of drug-likeness (QED) is 0.670. The number of carbonyl (C=O) groups is 1. The summed E-state index contributed by atoms with van der Waals surface area (Å²) in [5.41, 5.74) is 7.62. The molecule has 0 unspecified atom stereocenters. The second-order valence-corrected chi connectivity index (χ2v) is 4.53. The number of aryl methyl sites for hydroxylation is 1. The molecule has 0 spiro atoms. The molecule has 2 aromatic carbocycles. The van der Waals surface area contributed by atoms with Gasteiger partial charge in [0.15, 0.2) is 0 Å². The van der Waals surface area contributed by atoms with E-state index in [2.05, 4.69) is 6.92 Å². The molecule has 0 bridgehead atoms. The van der Waals surface area contributed by atoms with Crippen LogP contribution in [0.5, 0.6) is 11.5 Å². The fourth-order valence-electron chi connectivity index (χ4n) is 2.01. The SMILES string of the molecule is CCOC(=O)c1cc(Oc2ccccc2CC)ccc1N. The molecule has 0 aromatic heterocycles. The number of carbonyl (C=O) groups excluding carboxylic acids is 1. The molecule has 4 nitrogen and oxygen atoms in total. The van der Waals surface area contributed by atoms with Gasteiger partial charge in [-0.1, -0.05) is 25.1 Å². The summed E-state index contributed by atoms with van der Waals surface area (Å²) in [6.07, 6.45) is 0.871. The van der Waals surface area contributed by atoms with E-state index in [1.165, 1.54) is 0 Å². The van der Waals surface area contributed by atoms with Gasteiger partial charge >= 0.3 is 5.97 Å². The third kappa shape index (κ3) is 3.54. The van der Waals surface area contributed by atoms with Crippen LogP contribution >= 0.6 is 0 Å². The standard InChI is InChI=1S/C17H19NO3/c1-3-12-7-5-6-8-16(12)21-13-9-10-15(18)14(11-13)17(19)20-4-2/h5-11H,3-4,18H2,1-2H3. The maximum atomic E-state index is 11.8. The third-order valence-corrected chi connectivity index (χ3v) is 3.10. The molecule has 0 aliphatic carbocycles. The third-order valence-electron chi connectivity index (χ3n) is 3.10. The smallest absolute Gasteiger partial charge is 0.340 e. The Labute approximate surface area is 124 Å². The predicted octanol–water partition coefficient (Wildman–Crippen LogP) is 3.80. The average molecular weight is 285 g/mol. The summed E-state index contributed by atoms with van der Waals surface area (Å²) in [7, 11) is 0. The Hall–Kier alpha value is -2.49. The van der Waals surface area contributed by atoms with Crippen LogP contribution in [0.3, 0.4) is 0 Å².